The fraction of sp³-hybridized carbons (Fsp3) is 0.235. The Morgan fingerprint density at radius 2 is 0.947 bits per heavy atom. The van der Waals surface area contributed by atoms with Gasteiger partial charge in [0.1, 0.15) is 0 Å². The summed E-state index contributed by atoms with van der Waals surface area (Å²) >= 11 is 0. The number of rotatable bonds is 4. The molecule has 0 aliphatic carbocycles. The van der Waals surface area contributed by atoms with Gasteiger partial charge in [0.2, 0.25) is 6.71 Å². The zero-order chi connectivity index (χ0) is 26.7. The van der Waals surface area contributed by atoms with Crippen LogP contribution in [0.2, 0.25) is 0 Å². The van der Waals surface area contributed by atoms with Gasteiger partial charge in [-0.05, 0) is 68.6 Å². The number of benzene rings is 5. The fourth-order valence-corrected chi connectivity index (χ4v) is 5.72. The van der Waals surface area contributed by atoms with Gasteiger partial charge in [-0.3, -0.25) is 0 Å². The van der Waals surface area contributed by atoms with Crippen molar-refractivity contribution >= 4 is 57.2 Å². The molecule has 0 aromatic heterocycles. The van der Waals surface area contributed by atoms with Crippen molar-refractivity contribution in [3.05, 3.63) is 108 Å². The van der Waals surface area contributed by atoms with Crippen molar-refractivity contribution in [2.45, 2.75) is 52.7 Å². The van der Waals surface area contributed by atoms with Crippen LogP contribution >= 0.6 is 0 Å². The van der Waals surface area contributed by atoms with Gasteiger partial charge in [-0.25, -0.2) is 0 Å². The molecule has 4 heteroatoms. The van der Waals surface area contributed by atoms with E-state index in [1.54, 1.807) is 0 Å². The number of aryl methyl sites for hydroxylation is 2. The first-order valence-electron chi connectivity index (χ1n) is 13.6. The van der Waals surface area contributed by atoms with Crippen LogP contribution in [0.25, 0.3) is 21.5 Å². The molecule has 1 fully saturated rings. The molecule has 6 rings (SSSR count). The topological polar surface area (TPSA) is 18.5 Å². The van der Waals surface area contributed by atoms with Crippen molar-refractivity contribution in [2.75, 3.05) is 0 Å². The van der Waals surface area contributed by atoms with E-state index in [1.807, 2.05) is 0 Å². The Bertz CT molecular complexity index is 1550. The molecule has 1 aliphatic heterocycles. The van der Waals surface area contributed by atoms with Gasteiger partial charge in [0.15, 0.2) is 0 Å². The van der Waals surface area contributed by atoms with Gasteiger partial charge in [0, 0.05) is 0 Å². The largest absolute Gasteiger partial charge is 0.494 e. The van der Waals surface area contributed by atoms with E-state index in [1.165, 1.54) is 49.1 Å². The van der Waals surface area contributed by atoms with Crippen molar-refractivity contribution in [2.24, 2.45) is 0 Å². The summed E-state index contributed by atoms with van der Waals surface area (Å²) in [7, 11) is -0.364. The lowest BCUT2D eigenvalue weighted by atomic mass is 9.35. The van der Waals surface area contributed by atoms with Gasteiger partial charge in [-0.1, -0.05) is 125 Å². The van der Waals surface area contributed by atoms with Crippen LogP contribution in [-0.2, 0) is 9.31 Å². The molecule has 188 valence electrons. The molecular weight excluding hydrogens is 462 g/mol. The lowest BCUT2D eigenvalue weighted by Gasteiger charge is -2.32. The molecule has 5 aromatic rings. The third kappa shape index (κ3) is 4.26. The number of fused-ring (bicyclic) bond motifs is 2. The van der Waals surface area contributed by atoms with Gasteiger partial charge in [-0.15, -0.1) is 0 Å². The van der Waals surface area contributed by atoms with Gasteiger partial charge >= 0.3 is 7.12 Å². The highest BCUT2D eigenvalue weighted by atomic mass is 16.7. The molecule has 38 heavy (non-hydrogen) atoms. The molecule has 0 radical (unpaired) electrons. The van der Waals surface area contributed by atoms with Gasteiger partial charge < -0.3 is 9.31 Å². The average molecular weight is 496 g/mol. The van der Waals surface area contributed by atoms with E-state index in [9.17, 15) is 0 Å². The highest BCUT2D eigenvalue weighted by molar-refractivity contribution is 6.96. The van der Waals surface area contributed by atoms with Crippen LogP contribution in [0, 0.1) is 13.8 Å². The molecule has 0 spiro atoms. The van der Waals surface area contributed by atoms with E-state index in [4.69, 9.17) is 9.31 Å². The lowest BCUT2D eigenvalue weighted by Crippen LogP contribution is -2.54. The zero-order valence-corrected chi connectivity index (χ0v) is 23.2. The maximum absolute atomic E-state index is 6.33. The molecule has 2 nitrogen and oxygen atoms in total. The van der Waals surface area contributed by atoms with E-state index in [2.05, 4.69) is 139 Å². The SMILES string of the molecule is Cc1cc2ccccc2cc1B(c1ccc(B2OC(C)(C)C(C)(C)O2)cc1)c1cc2ccccc2cc1C. The van der Waals surface area contributed by atoms with Crippen molar-refractivity contribution in [3.8, 4) is 0 Å². The Labute approximate surface area is 227 Å². The maximum Gasteiger partial charge on any atom is 0.494 e. The predicted octanol–water partition coefficient (Wildman–Crippen LogP) is 5.43. The van der Waals surface area contributed by atoms with Gasteiger partial charge in [-0.2, -0.15) is 0 Å². The summed E-state index contributed by atoms with van der Waals surface area (Å²) in [6.45, 7) is 13.0. The first-order chi connectivity index (χ1) is 18.1. The smallest absolute Gasteiger partial charge is 0.399 e. The highest BCUT2D eigenvalue weighted by Crippen LogP contribution is 2.36. The minimum absolute atomic E-state index is 0.108. The van der Waals surface area contributed by atoms with E-state index < -0.39 is 0 Å². The average Bonchev–Trinajstić information content (AvgIpc) is 3.11. The van der Waals surface area contributed by atoms with Crippen LogP contribution in [0.5, 0.6) is 0 Å². The van der Waals surface area contributed by atoms with Crippen LogP contribution in [0.15, 0.2) is 97.1 Å². The second-order valence-corrected chi connectivity index (χ2v) is 11.8. The molecule has 0 unspecified atom stereocenters. The monoisotopic (exact) mass is 496 g/mol. The van der Waals surface area contributed by atoms with Crippen molar-refractivity contribution < 1.29 is 9.31 Å². The quantitative estimate of drug-likeness (QED) is 0.310. The number of hydrogen-bond acceptors (Lipinski definition) is 2. The van der Waals surface area contributed by atoms with Gasteiger partial charge in [0.25, 0.3) is 0 Å². The van der Waals surface area contributed by atoms with Crippen LogP contribution in [0.4, 0.5) is 0 Å². The summed E-state index contributed by atoms with van der Waals surface area (Å²) in [6, 6.07) is 35.6. The summed E-state index contributed by atoms with van der Waals surface area (Å²) < 4.78 is 12.7. The lowest BCUT2D eigenvalue weighted by molar-refractivity contribution is 0.00578. The number of hydrogen-bond donors (Lipinski definition) is 0. The molecule has 1 aliphatic rings. The van der Waals surface area contributed by atoms with E-state index in [0.717, 1.165) is 5.46 Å². The first kappa shape index (κ1) is 25.0. The van der Waals surface area contributed by atoms with Crippen molar-refractivity contribution in [1.82, 2.24) is 0 Å². The Balaban J connectivity index is 1.49. The Morgan fingerprint density at radius 1 is 0.553 bits per heavy atom. The summed E-state index contributed by atoms with van der Waals surface area (Å²) in [5, 5.41) is 5.09. The second-order valence-electron chi connectivity index (χ2n) is 11.8. The minimum Gasteiger partial charge on any atom is -0.399 e. The highest BCUT2D eigenvalue weighted by Gasteiger charge is 2.51. The molecule has 5 aromatic carbocycles. The summed E-state index contributed by atoms with van der Waals surface area (Å²) in [5.74, 6) is 0. The standard InChI is InChI=1S/C34H34B2O2/c1-23-19-25-11-7-9-13-27(25)21-31(23)35(32-22-28-14-10-8-12-26(28)20-24(32)2)29-15-17-30(18-16-29)36-37-33(3,4)34(5,6)38-36/h7-22H,1-6H3. The normalized spacial score (nSPS) is 16.3. The summed E-state index contributed by atoms with van der Waals surface area (Å²) in [4.78, 5) is 0. The van der Waals surface area contributed by atoms with Gasteiger partial charge in [0.05, 0.1) is 11.2 Å². The summed E-state index contributed by atoms with van der Waals surface area (Å²) in [5.41, 5.74) is 6.88. The Hall–Kier alpha value is -3.33. The Kier molecular flexibility index (Phi) is 6.01. The zero-order valence-electron chi connectivity index (χ0n) is 23.2. The van der Waals surface area contributed by atoms with Crippen LogP contribution in [0.3, 0.4) is 0 Å². The predicted molar refractivity (Wildman–Crippen MR) is 164 cm³/mol. The molecule has 0 atom stereocenters. The van der Waals surface area contributed by atoms with Crippen LogP contribution in [0.1, 0.15) is 38.8 Å². The molecule has 0 N–H and O–H groups in total. The second kappa shape index (κ2) is 9.15. The molecule has 0 bridgehead atoms. The molecule has 1 heterocycles. The van der Waals surface area contributed by atoms with E-state index in [-0.39, 0.29) is 25.0 Å². The Morgan fingerprint density at radius 3 is 1.37 bits per heavy atom. The minimum atomic E-state index is -0.364. The molecule has 1 saturated heterocycles. The van der Waals surface area contributed by atoms with E-state index >= 15 is 0 Å². The fourth-order valence-electron chi connectivity index (χ4n) is 5.72. The van der Waals surface area contributed by atoms with Crippen LogP contribution in [-0.4, -0.2) is 25.0 Å². The van der Waals surface area contributed by atoms with Crippen LogP contribution < -0.4 is 21.9 Å². The molecular formula is C34H34B2O2. The third-order valence-corrected chi connectivity index (χ3v) is 8.69. The molecule has 0 saturated carbocycles. The third-order valence-electron chi connectivity index (χ3n) is 8.69. The molecule has 0 amide bonds. The summed E-state index contributed by atoms with van der Waals surface area (Å²) in [6.07, 6.45) is 0. The maximum atomic E-state index is 6.33. The van der Waals surface area contributed by atoms with E-state index in [0.29, 0.717) is 0 Å². The van der Waals surface area contributed by atoms with Crippen molar-refractivity contribution in [3.63, 3.8) is 0 Å². The first-order valence-corrected chi connectivity index (χ1v) is 13.6. The van der Waals surface area contributed by atoms with Crippen molar-refractivity contribution in [1.29, 1.82) is 0 Å².